The number of nitriles is 1. The quantitative estimate of drug-likeness (QED) is 0.723. The summed E-state index contributed by atoms with van der Waals surface area (Å²) < 4.78 is 0. The average Bonchev–Trinajstić information content (AvgIpc) is 2.95. The third-order valence-electron chi connectivity index (χ3n) is 3.59. The number of likely N-dealkylation sites (N-methyl/N-ethyl adjacent to an activating group) is 1. The first-order valence-corrected chi connectivity index (χ1v) is 5.63. The molecule has 1 heterocycles. The molecule has 0 aromatic heterocycles. The Bertz CT molecular complexity index is 235. The van der Waals surface area contributed by atoms with Crippen LogP contribution in [0.1, 0.15) is 25.7 Å². The lowest BCUT2D eigenvalue weighted by Gasteiger charge is -2.30. The molecule has 1 unspecified atom stereocenters. The van der Waals surface area contributed by atoms with E-state index in [9.17, 15) is 5.26 Å². The Morgan fingerprint density at radius 2 is 2.07 bits per heavy atom. The predicted octanol–water partition coefficient (Wildman–Crippen LogP) is 0.974. The van der Waals surface area contributed by atoms with E-state index < -0.39 is 0 Å². The monoisotopic (exact) mass is 193 g/mol. The topological polar surface area (TPSA) is 39.1 Å². The van der Waals surface area contributed by atoms with Gasteiger partial charge in [0, 0.05) is 6.54 Å². The average molecular weight is 193 g/mol. The maximum absolute atomic E-state index is 9.31. The fourth-order valence-corrected chi connectivity index (χ4v) is 2.46. The Kier molecular flexibility index (Phi) is 2.76. The van der Waals surface area contributed by atoms with Gasteiger partial charge in [0.05, 0.1) is 6.07 Å². The highest BCUT2D eigenvalue weighted by Gasteiger charge is 2.45. The van der Waals surface area contributed by atoms with Gasteiger partial charge in [0.1, 0.15) is 5.54 Å². The molecule has 2 rings (SSSR count). The van der Waals surface area contributed by atoms with Gasteiger partial charge in [-0.2, -0.15) is 5.26 Å². The molecule has 1 atom stereocenters. The van der Waals surface area contributed by atoms with E-state index >= 15 is 0 Å². The molecule has 1 aliphatic heterocycles. The van der Waals surface area contributed by atoms with E-state index in [2.05, 4.69) is 16.3 Å². The van der Waals surface area contributed by atoms with Gasteiger partial charge in [-0.05, 0) is 51.7 Å². The number of hydrogen-bond acceptors (Lipinski definition) is 3. The van der Waals surface area contributed by atoms with Crippen LogP contribution in [-0.2, 0) is 0 Å². The maximum atomic E-state index is 9.31. The second-order valence-electron chi connectivity index (χ2n) is 4.59. The Hall–Kier alpha value is -0.590. The van der Waals surface area contributed by atoms with E-state index in [1.165, 1.54) is 38.8 Å². The molecule has 1 aliphatic carbocycles. The van der Waals surface area contributed by atoms with Crippen LogP contribution in [-0.4, -0.2) is 37.1 Å². The van der Waals surface area contributed by atoms with Crippen molar-refractivity contribution in [1.29, 1.82) is 5.26 Å². The molecule has 0 aromatic carbocycles. The van der Waals surface area contributed by atoms with Gasteiger partial charge in [-0.15, -0.1) is 0 Å². The van der Waals surface area contributed by atoms with Crippen LogP contribution in [0.5, 0.6) is 0 Å². The smallest absolute Gasteiger partial charge is 0.122 e. The lowest BCUT2D eigenvalue weighted by atomic mass is 9.94. The minimum Gasteiger partial charge on any atom is -0.301 e. The third kappa shape index (κ3) is 1.77. The van der Waals surface area contributed by atoms with Crippen LogP contribution in [0, 0.1) is 17.2 Å². The second kappa shape index (κ2) is 3.88. The molecule has 3 heteroatoms. The first-order chi connectivity index (χ1) is 6.80. The fourth-order valence-electron chi connectivity index (χ4n) is 2.46. The summed E-state index contributed by atoms with van der Waals surface area (Å²) in [7, 11) is 1.93. The van der Waals surface area contributed by atoms with Crippen molar-refractivity contribution in [2.24, 2.45) is 5.92 Å². The zero-order valence-corrected chi connectivity index (χ0v) is 8.92. The van der Waals surface area contributed by atoms with Crippen LogP contribution >= 0.6 is 0 Å². The normalized spacial score (nSPS) is 27.1. The van der Waals surface area contributed by atoms with Crippen LogP contribution in [0.2, 0.25) is 0 Å². The molecule has 0 aromatic rings. The second-order valence-corrected chi connectivity index (χ2v) is 4.59. The molecule has 0 radical (unpaired) electrons. The van der Waals surface area contributed by atoms with Crippen molar-refractivity contribution >= 4 is 0 Å². The third-order valence-corrected chi connectivity index (χ3v) is 3.59. The number of nitrogens with one attached hydrogen (secondary N) is 1. The number of nitrogens with zero attached hydrogens (tertiary/aromatic N) is 2. The Balaban J connectivity index is 1.99. The summed E-state index contributed by atoms with van der Waals surface area (Å²) in [5.41, 5.74) is -0.260. The standard InChI is InChI=1S/C11H19N3/c1-13-11(8-12,10-4-5-10)9-14-6-2-3-7-14/h10,13H,2-7,9H2,1H3. The van der Waals surface area contributed by atoms with E-state index in [0.717, 1.165) is 6.54 Å². The largest absolute Gasteiger partial charge is 0.301 e. The SMILES string of the molecule is CNC(C#N)(CN1CCCC1)C1CC1. The highest BCUT2D eigenvalue weighted by atomic mass is 15.2. The maximum Gasteiger partial charge on any atom is 0.122 e. The summed E-state index contributed by atoms with van der Waals surface area (Å²) >= 11 is 0. The van der Waals surface area contributed by atoms with Crippen LogP contribution in [0.25, 0.3) is 0 Å². The van der Waals surface area contributed by atoms with E-state index in [1.807, 2.05) is 7.05 Å². The molecule has 1 saturated carbocycles. The van der Waals surface area contributed by atoms with E-state index in [1.54, 1.807) is 0 Å². The highest BCUT2D eigenvalue weighted by Crippen LogP contribution is 2.40. The number of rotatable bonds is 4. The van der Waals surface area contributed by atoms with Crippen molar-refractivity contribution in [3.8, 4) is 6.07 Å². The van der Waals surface area contributed by atoms with Crippen LogP contribution in [0.3, 0.4) is 0 Å². The number of hydrogen-bond donors (Lipinski definition) is 1. The molecule has 78 valence electrons. The zero-order chi connectivity index (χ0) is 10.0. The molecule has 1 saturated heterocycles. The predicted molar refractivity (Wildman–Crippen MR) is 55.8 cm³/mol. The molecule has 2 aliphatic rings. The summed E-state index contributed by atoms with van der Waals surface area (Å²) in [5.74, 6) is 0.595. The van der Waals surface area contributed by atoms with Gasteiger partial charge in [0.15, 0.2) is 0 Å². The van der Waals surface area contributed by atoms with Crippen molar-refractivity contribution in [1.82, 2.24) is 10.2 Å². The van der Waals surface area contributed by atoms with Crippen molar-refractivity contribution in [3.05, 3.63) is 0 Å². The molecule has 2 fully saturated rings. The van der Waals surface area contributed by atoms with Gasteiger partial charge in [-0.25, -0.2) is 0 Å². The van der Waals surface area contributed by atoms with Crippen molar-refractivity contribution in [3.63, 3.8) is 0 Å². The van der Waals surface area contributed by atoms with E-state index in [0.29, 0.717) is 5.92 Å². The van der Waals surface area contributed by atoms with Crippen LogP contribution in [0.4, 0.5) is 0 Å². The summed E-state index contributed by atoms with van der Waals surface area (Å²) in [6.07, 6.45) is 5.05. The van der Waals surface area contributed by atoms with E-state index in [4.69, 9.17) is 0 Å². The molecular weight excluding hydrogens is 174 g/mol. The molecule has 14 heavy (non-hydrogen) atoms. The minimum atomic E-state index is -0.260. The molecule has 0 spiro atoms. The zero-order valence-electron chi connectivity index (χ0n) is 8.92. The first kappa shape index (κ1) is 9.95. The molecule has 1 N–H and O–H groups in total. The van der Waals surface area contributed by atoms with Gasteiger partial charge in [0.25, 0.3) is 0 Å². The van der Waals surface area contributed by atoms with Crippen LogP contribution in [0.15, 0.2) is 0 Å². The summed E-state index contributed by atoms with van der Waals surface area (Å²) in [6.45, 7) is 3.28. The van der Waals surface area contributed by atoms with Crippen molar-refractivity contribution in [2.75, 3.05) is 26.7 Å². The molecular formula is C11H19N3. The van der Waals surface area contributed by atoms with Crippen molar-refractivity contribution in [2.45, 2.75) is 31.2 Å². The molecule has 0 amide bonds. The molecule has 3 nitrogen and oxygen atoms in total. The highest BCUT2D eigenvalue weighted by molar-refractivity contribution is 5.16. The summed E-state index contributed by atoms with van der Waals surface area (Å²) in [4.78, 5) is 2.43. The Labute approximate surface area is 86.1 Å². The lowest BCUT2D eigenvalue weighted by Crippen LogP contribution is -2.52. The van der Waals surface area contributed by atoms with Crippen molar-refractivity contribution < 1.29 is 0 Å². The summed E-state index contributed by atoms with van der Waals surface area (Å²) in [5, 5.41) is 12.6. The number of likely N-dealkylation sites (tertiary alicyclic amines) is 1. The first-order valence-electron chi connectivity index (χ1n) is 5.63. The Morgan fingerprint density at radius 1 is 1.43 bits per heavy atom. The van der Waals surface area contributed by atoms with Crippen LogP contribution < -0.4 is 5.32 Å². The fraction of sp³-hybridized carbons (Fsp3) is 0.909. The molecule has 0 bridgehead atoms. The summed E-state index contributed by atoms with van der Waals surface area (Å²) in [6, 6.07) is 2.50. The van der Waals surface area contributed by atoms with E-state index in [-0.39, 0.29) is 5.54 Å². The minimum absolute atomic E-state index is 0.260. The van der Waals surface area contributed by atoms with Gasteiger partial charge in [0.2, 0.25) is 0 Å². The van der Waals surface area contributed by atoms with Gasteiger partial charge >= 0.3 is 0 Å². The van der Waals surface area contributed by atoms with Gasteiger partial charge < -0.3 is 10.2 Å². The van der Waals surface area contributed by atoms with Gasteiger partial charge in [-0.3, -0.25) is 0 Å². The van der Waals surface area contributed by atoms with Gasteiger partial charge in [-0.1, -0.05) is 0 Å². The lowest BCUT2D eigenvalue weighted by molar-refractivity contribution is 0.237. The Morgan fingerprint density at radius 3 is 2.50 bits per heavy atom.